The summed E-state index contributed by atoms with van der Waals surface area (Å²) in [5.74, 6) is 0.657. The van der Waals surface area contributed by atoms with E-state index in [1.165, 1.54) is 25.4 Å². The lowest BCUT2D eigenvalue weighted by molar-refractivity contribution is -0.122. The first-order valence-electron chi connectivity index (χ1n) is 8.19. The Morgan fingerprint density at radius 3 is 2.50 bits per heavy atom. The molecule has 140 valence electrons. The van der Waals surface area contributed by atoms with Crippen molar-refractivity contribution in [2.24, 2.45) is 5.92 Å². The second kappa shape index (κ2) is 8.77. The van der Waals surface area contributed by atoms with Gasteiger partial charge in [0.1, 0.15) is 5.75 Å². The summed E-state index contributed by atoms with van der Waals surface area (Å²) in [5, 5.41) is -0.0456. The third-order valence-electron chi connectivity index (χ3n) is 3.57. The topological polar surface area (TPSA) is 97.4 Å². The van der Waals surface area contributed by atoms with Gasteiger partial charge in [-0.3, -0.25) is 10.2 Å². The lowest BCUT2D eigenvalue weighted by atomic mass is 10.1. The molecule has 0 radical (unpaired) electrons. The smallest absolute Gasteiger partial charge is 0.234 e. The Balaban J connectivity index is 2.17. The first kappa shape index (κ1) is 19.9. The van der Waals surface area contributed by atoms with E-state index >= 15 is 0 Å². The van der Waals surface area contributed by atoms with Gasteiger partial charge in [-0.15, -0.1) is 0 Å². The van der Waals surface area contributed by atoms with E-state index in [-0.39, 0.29) is 28.3 Å². The average molecular weight is 377 g/mol. The molecule has 0 saturated carbocycles. The fourth-order valence-electron chi connectivity index (χ4n) is 2.33. The number of hydrogen-bond acceptors (Lipinski definition) is 6. The second-order valence-corrected chi connectivity index (χ2v) is 8.01. The van der Waals surface area contributed by atoms with Crippen LogP contribution < -0.4 is 15.6 Å². The number of aromatic nitrogens is 1. The molecule has 1 aromatic carbocycles. The van der Waals surface area contributed by atoms with Gasteiger partial charge < -0.3 is 4.74 Å². The molecular weight excluding hydrogens is 354 g/mol. The molecule has 1 heterocycles. The Morgan fingerprint density at radius 1 is 1.19 bits per heavy atom. The molecule has 0 fully saturated rings. The van der Waals surface area contributed by atoms with Crippen molar-refractivity contribution in [2.45, 2.75) is 36.7 Å². The zero-order chi connectivity index (χ0) is 19.2. The van der Waals surface area contributed by atoms with E-state index in [2.05, 4.69) is 15.8 Å². The van der Waals surface area contributed by atoms with E-state index in [9.17, 15) is 13.2 Å². The number of carbonyl (C=O) groups is 1. The van der Waals surface area contributed by atoms with Gasteiger partial charge in [-0.1, -0.05) is 19.9 Å². The number of ether oxygens (including phenoxy) is 1. The van der Waals surface area contributed by atoms with E-state index < -0.39 is 9.84 Å². The van der Waals surface area contributed by atoms with Crippen molar-refractivity contribution in [1.82, 2.24) is 15.8 Å². The van der Waals surface area contributed by atoms with E-state index in [4.69, 9.17) is 4.74 Å². The molecule has 0 atom stereocenters. The van der Waals surface area contributed by atoms with E-state index in [0.29, 0.717) is 17.7 Å². The van der Waals surface area contributed by atoms with Crippen molar-refractivity contribution in [3.8, 4) is 5.75 Å². The molecule has 0 aliphatic rings. The van der Waals surface area contributed by atoms with Gasteiger partial charge in [0.15, 0.2) is 5.03 Å². The summed E-state index contributed by atoms with van der Waals surface area (Å²) < 4.78 is 30.8. The molecule has 0 spiro atoms. The molecule has 2 rings (SSSR count). The van der Waals surface area contributed by atoms with Crippen molar-refractivity contribution in [1.29, 1.82) is 0 Å². The number of hydrogen-bond donors (Lipinski definition) is 2. The summed E-state index contributed by atoms with van der Waals surface area (Å²) in [4.78, 5) is 15.9. The van der Waals surface area contributed by atoms with Gasteiger partial charge in [0.2, 0.25) is 15.7 Å². The molecule has 26 heavy (non-hydrogen) atoms. The number of nitrogens with one attached hydrogen (secondary N) is 2. The van der Waals surface area contributed by atoms with E-state index in [1.807, 2.05) is 13.8 Å². The molecule has 8 heteroatoms. The Kier molecular flexibility index (Phi) is 6.70. The molecule has 0 bridgehead atoms. The highest BCUT2D eigenvalue weighted by atomic mass is 32.2. The first-order chi connectivity index (χ1) is 12.3. The highest BCUT2D eigenvalue weighted by molar-refractivity contribution is 7.91. The summed E-state index contributed by atoms with van der Waals surface area (Å²) in [5.41, 5.74) is 5.80. The van der Waals surface area contributed by atoms with Crippen LogP contribution in [-0.2, 0) is 21.2 Å². The summed E-state index contributed by atoms with van der Waals surface area (Å²) in [6.07, 6.45) is 1.81. The summed E-state index contributed by atoms with van der Waals surface area (Å²) in [7, 11) is -2.27. The number of nitrogens with zero attached hydrogens (tertiary/aromatic N) is 1. The van der Waals surface area contributed by atoms with E-state index in [1.54, 1.807) is 24.3 Å². The number of sulfone groups is 1. The van der Waals surface area contributed by atoms with Crippen LogP contribution in [0.25, 0.3) is 0 Å². The van der Waals surface area contributed by atoms with Gasteiger partial charge >= 0.3 is 0 Å². The number of methoxy groups -OCH3 is 1. The Hall–Kier alpha value is -2.45. The van der Waals surface area contributed by atoms with Crippen molar-refractivity contribution >= 4 is 15.7 Å². The quantitative estimate of drug-likeness (QED) is 0.684. The van der Waals surface area contributed by atoms with Crippen LogP contribution >= 0.6 is 0 Å². The lowest BCUT2D eigenvalue weighted by Gasteiger charge is -2.12. The van der Waals surface area contributed by atoms with Gasteiger partial charge in [0.05, 0.1) is 12.0 Å². The van der Waals surface area contributed by atoms with E-state index in [0.717, 1.165) is 0 Å². The largest absolute Gasteiger partial charge is 0.497 e. The number of pyridine rings is 1. The summed E-state index contributed by atoms with van der Waals surface area (Å²) >= 11 is 0. The van der Waals surface area contributed by atoms with Crippen LogP contribution in [0.4, 0.5) is 0 Å². The second-order valence-electron chi connectivity index (χ2n) is 6.15. The molecule has 0 unspecified atom stereocenters. The van der Waals surface area contributed by atoms with Crippen LogP contribution in [0.2, 0.25) is 0 Å². The summed E-state index contributed by atoms with van der Waals surface area (Å²) in [6, 6.07) is 9.43. The minimum atomic E-state index is -3.78. The third kappa shape index (κ3) is 5.03. The SMILES string of the molecule is COc1ccc(S(=O)(=O)c2ncccc2CNNC(=O)CC(C)C)cc1. The van der Waals surface area contributed by atoms with Crippen LogP contribution in [0.5, 0.6) is 5.75 Å². The molecule has 1 aromatic heterocycles. The summed E-state index contributed by atoms with van der Waals surface area (Å²) in [6.45, 7) is 4.03. The van der Waals surface area contributed by atoms with Crippen LogP contribution in [-0.4, -0.2) is 26.4 Å². The minimum Gasteiger partial charge on any atom is -0.497 e. The number of rotatable bonds is 8. The molecule has 2 aromatic rings. The number of carbonyl (C=O) groups excluding carboxylic acids is 1. The van der Waals surface area contributed by atoms with Gasteiger partial charge in [-0.2, -0.15) is 0 Å². The lowest BCUT2D eigenvalue weighted by Crippen LogP contribution is -2.37. The zero-order valence-electron chi connectivity index (χ0n) is 15.0. The van der Waals surface area contributed by atoms with Crippen molar-refractivity contribution < 1.29 is 17.9 Å². The normalized spacial score (nSPS) is 11.4. The minimum absolute atomic E-state index is 0.0456. The Labute approximate surface area is 153 Å². The van der Waals surface area contributed by atoms with Gasteiger partial charge in [0, 0.05) is 24.7 Å². The third-order valence-corrected chi connectivity index (χ3v) is 5.34. The maximum absolute atomic E-state index is 12.9. The molecule has 7 nitrogen and oxygen atoms in total. The highest BCUT2D eigenvalue weighted by Gasteiger charge is 2.22. The number of hydrazine groups is 1. The first-order valence-corrected chi connectivity index (χ1v) is 9.67. The Bertz CT molecular complexity index is 849. The van der Waals surface area contributed by atoms with Gasteiger partial charge in [-0.25, -0.2) is 18.8 Å². The molecule has 1 amide bonds. The molecule has 0 aliphatic heterocycles. The molecule has 2 N–H and O–H groups in total. The predicted molar refractivity (Wildman–Crippen MR) is 97.1 cm³/mol. The zero-order valence-corrected chi connectivity index (χ0v) is 15.8. The Morgan fingerprint density at radius 2 is 1.88 bits per heavy atom. The monoisotopic (exact) mass is 377 g/mol. The average Bonchev–Trinajstić information content (AvgIpc) is 2.61. The van der Waals surface area contributed by atoms with Crippen molar-refractivity contribution in [3.05, 3.63) is 48.2 Å². The van der Waals surface area contributed by atoms with Crippen LogP contribution in [0.3, 0.4) is 0 Å². The standard InChI is InChI=1S/C18H23N3O4S/c1-13(2)11-17(22)21-20-12-14-5-4-10-19-18(14)26(23,24)16-8-6-15(25-3)7-9-16/h4-10,13,20H,11-12H2,1-3H3,(H,21,22). The highest BCUT2D eigenvalue weighted by Crippen LogP contribution is 2.24. The van der Waals surface area contributed by atoms with Gasteiger partial charge in [-0.05, 0) is 36.2 Å². The fourth-order valence-corrected chi connectivity index (χ4v) is 3.73. The fraction of sp³-hybridized carbons (Fsp3) is 0.333. The number of amides is 1. The van der Waals surface area contributed by atoms with Crippen molar-refractivity contribution in [3.63, 3.8) is 0 Å². The van der Waals surface area contributed by atoms with Gasteiger partial charge in [0.25, 0.3) is 0 Å². The molecule has 0 saturated heterocycles. The molecular formula is C18H23N3O4S. The number of benzene rings is 1. The molecule has 0 aliphatic carbocycles. The van der Waals surface area contributed by atoms with Crippen LogP contribution in [0.15, 0.2) is 52.5 Å². The predicted octanol–water partition coefficient (Wildman–Crippen LogP) is 2.09. The maximum atomic E-state index is 12.9. The maximum Gasteiger partial charge on any atom is 0.234 e. The van der Waals surface area contributed by atoms with Crippen LogP contribution in [0, 0.1) is 5.92 Å². The van der Waals surface area contributed by atoms with Crippen LogP contribution in [0.1, 0.15) is 25.8 Å². The van der Waals surface area contributed by atoms with Crippen molar-refractivity contribution in [2.75, 3.05) is 7.11 Å².